The van der Waals surface area contributed by atoms with Crippen LogP contribution >= 0.6 is 0 Å². The van der Waals surface area contributed by atoms with E-state index in [2.05, 4.69) is 15.5 Å². The molecule has 106 valence electrons. The second-order valence-corrected chi connectivity index (χ2v) is 4.78. The van der Waals surface area contributed by atoms with Gasteiger partial charge in [-0.2, -0.15) is 0 Å². The molecule has 0 aromatic heterocycles. The summed E-state index contributed by atoms with van der Waals surface area (Å²) in [6, 6.07) is 0. The summed E-state index contributed by atoms with van der Waals surface area (Å²) in [6.45, 7) is 6.09. The molecule has 1 heterocycles. The minimum atomic E-state index is 0.0738. The third-order valence-corrected chi connectivity index (χ3v) is 3.19. The first-order valence-electron chi connectivity index (χ1n) is 7.01. The van der Waals surface area contributed by atoms with Crippen LogP contribution in [0, 0.1) is 0 Å². The van der Waals surface area contributed by atoms with Crippen molar-refractivity contribution < 1.29 is 9.53 Å². The lowest BCUT2D eigenvalue weighted by molar-refractivity contribution is -0.120. The largest absolute Gasteiger partial charge is 0.383 e. The molecule has 0 aromatic carbocycles. The highest BCUT2D eigenvalue weighted by Gasteiger charge is 2.09. The summed E-state index contributed by atoms with van der Waals surface area (Å²) in [7, 11) is 1.66. The highest BCUT2D eigenvalue weighted by atomic mass is 16.5. The van der Waals surface area contributed by atoms with Gasteiger partial charge in [0.05, 0.1) is 13.2 Å². The monoisotopic (exact) mass is 257 g/mol. The molecule has 0 aromatic rings. The summed E-state index contributed by atoms with van der Waals surface area (Å²) < 4.78 is 4.89. The van der Waals surface area contributed by atoms with E-state index in [0.29, 0.717) is 13.2 Å². The number of ether oxygens (including phenoxy) is 1. The maximum atomic E-state index is 11.4. The van der Waals surface area contributed by atoms with Crippen molar-refractivity contribution in [1.29, 1.82) is 0 Å². The van der Waals surface area contributed by atoms with Crippen LogP contribution in [0.1, 0.15) is 25.7 Å². The summed E-state index contributed by atoms with van der Waals surface area (Å²) in [5.74, 6) is 0.0738. The van der Waals surface area contributed by atoms with Gasteiger partial charge in [0, 0.05) is 20.2 Å². The molecule has 0 radical (unpaired) electrons. The Labute approximate surface area is 110 Å². The lowest BCUT2D eigenvalue weighted by Gasteiger charge is -2.26. The zero-order chi connectivity index (χ0) is 13.1. The van der Waals surface area contributed by atoms with Crippen molar-refractivity contribution in [3.63, 3.8) is 0 Å². The summed E-state index contributed by atoms with van der Waals surface area (Å²) in [6.07, 6.45) is 5.08. The van der Waals surface area contributed by atoms with Crippen molar-refractivity contribution >= 4 is 5.91 Å². The fourth-order valence-electron chi connectivity index (χ4n) is 2.15. The van der Waals surface area contributed by atoms with E-state index in [-0.39, 0.29) is 5.91 Å². The van der Waals surface area contributed by atoms with Gasteiger partial charge >= 0.3 is 0 Å². The average molecular weight is 257 g/mol. The second-order valence-electron chi connectivity index (χ2n) is 4.78. The minimum Gasteiger partial charge on any atom is -0.383 e. The fourth-order valence-corrected chi connectivity index (χ4v) is 2.15. The van der Waals surface area contributed by atoms with Gasteiger partial charge in [-0.3, -0.25) is 4.79 Å². The van der Waals surface area contributed by atoms with Crippen LogP contribution in [0.4, 0.5) is 0 Å². The molecule has 0 aliphatic carbocycles. The van der Waals surface area contributed by atoms with E-state index in [0.717, 1.165) is 26.1 Å². The van der Waals surface area contributed by atoms with Crippen LogP contribution in [-0.2, 0) is 9.53 Å². The van der Waals surface area contributed by atoms with Crippen molar-refractivity contribution in [3.05, 3.63) is 0 Å². The number of amides is 1. The van der Waals surface area contributed by atoms with Crippen molar-refractivity contribution in [2.24, 2.45) is 0 Å². The van der Waals surface area contributed by atoms with Crippen molar-refractivity contribution in [3.8, 4) is 0 Å². The summed E-state index contributed by atoms with van der Waals surface area (Å²) in [4.78, 5) is 13.9. The van der Waals surface area contributed by atoms with Crippen LogP contribution in [0.2, 0.25) is 0 Å². The molecule has 18 heavy (non-hydrogen) atoms. The number of carbonyl (C=O) groups excluding carboxylic acids is 1. The number of nitrogens with zero attached hydrogens (tertiary/aromatic N) is 1. The second kappa shape index (κ2) is 10.3. The molecule has 0 atom stereocenters. The molecule has 1 aliphatic rings. The number of carbonyl (C=O) groups is 1. The van der Waals surface area contributed by atoms with Crippen LogP contribution < -0.4 is 10.6 Å². The zero-order valence-electron chi connectivity index (χ0n) is 11.5. The Bertz CT molecular complexity index is 218. The van der Waals surface area contributed by atoms with E-state index in [1.54, 1.807) is 7.11 Å². The lowest BCUT2D eigenvalue weighted by atomic mass is 10.1. The van der Waals surface area contributed by atoms with E-state index in [1.807, 2.05) is 0 Å². The number of methoxy groups -OCH3 is 1. The van der Waals surface area contributed by atoms with Crippen molar-refractivity contribution in [2.45, 2.75) is 25.7 Å². The summed E-state index contributed by atoms with van der Waals surface area (Å²) >= 11 is 0. The normalized spacial score (nSPS) is 16.7. The van der Waals surface area contributed by atoms with E-state index in [9.17, 15) is 4.79 Å². The number of hydrogen-bond acceptors (Lipinski definition) is 4. The molecule has 1 aliphatic heterocycles. The molecule has 0 unspecified atom stereocenters. The molecular formula is C13H27N3O2. The van der Waals surface area contributed by atoms with Gasteiger partial charge in [-0.05, 0) is 38.9 Å². The molecule has 5 heteroatoms. The number of likely N-dealkylation sites (tertiary alicyclic amines) is 1. The van der Waals surface area contributed by atoms with E-state index in [1.165, 1.54) is 32.4 Å². The van der Waals surface area contributed by atoms with Crippen LogP contribution in [0.25, 0.3) is 0 Å². The van der Waals surface area contributed by atoms with Crippen molar-refractivity contribution in [2.75, 3.05) is 53.0 Å². The molecule has 1 rings (SSSR count). The van der Waals surface area contributed by atoms with Crippen LogP contribution in [0.5, 0.6) is 0 Å². The Balaban J connectivity index is 1.88. The Kier molecular flexibility index (Phi) is 8.81. The van der Waals surface area contributed by atoms with Gasteiger partial charge in [0.1, 0.15) is 0 Å². The van der Waals surface area contributed by atoms with Crippen molar-refractivity contribution in [1.82, 2.24) is 15.5 Å². The molecule has 1 saturated heterocycles. The third kappa shape index (κ3) is 7.63. The molecule has 1 fully saturated rings. The minimum absolute atomic E-state index is 0.0738. The van der Waals surface area contributed by atoms with Gasteiger partial charge in [0.2, 0.25) is 5.91 Å². The van der Waals surface area contributed by atoms with Gasteiger partial charge in [0.15, 0.2) is 0 Å². The molecule has 2 N–H and O–H groups in total. The summed E-state index contributed by atoms with van der Waals surface area (Å²) in [5, 5.41) is 5.96. The quantitative estimate of drug-likeness (QED) is 0.580. The molecule has 5 nitrogen and oxygen atoms in total. The third-order valence-electron chi connectivity index (χ3n) is 3.19. The van der Waals surface area contributed by atoms with Gasteiger partial charge in [-0.15, -0.1) is 0 Å². The fraction of sp³-hybridized carbons (Fsp3) is 0.923. The SMILES string of the molecule is COCCNCC(=O)NCCCN1CCCCC1. The van der Waals surface area contributed by atoms with Crippen LogP contribution in [0.3, 0.4) is 0 Å². The number of piperidine rings is 1. The van der Waals surface area contributed by atoms with Crippen LogP contribution in [0.15, 0.2) is 0 Å². The molecule has 0 saturated carbocycles. The Morgan fingerprint density at radius 1 is 1.22 bits per heavy atom. The summed E-state index contributed by atoms with van der Waals surface area (Å²) in [5.41, 5.74) is 0. The predicted octanol–water partition coefficient (Wildman–Crippen LogP) is 0.215. The maximum Gasteiger partial charge on any atom is 0.233 e. The number of nitrogens with one attached hydrogen (secondary N) is 2. The molecular weight excluding hydrogens is 230 g/mol. The predicted molar refractivity (Wildman–Crippen MR) is 72.7 cm³/mol. The first-order valence-corrected chi connectivity index (χ1v) is 7.01. The van der Waals surface area contributed by atoms with Gasteiger partial charge in [-0.1, -0.05) is 6.42 Å². The Morgan fingerprint density at radius 3 is 2.72 bits per heavy atom. The average Bonchev–Trinajstić information content (AvgIpc) is 2.41. The first-order chi connectivity index (χ1) is 8.83. The number of rotatable bonds is 9. The van der Waals surface area contributed by atoms with Gasteiger partial charge in [-0.25, -0.2) is 0 Å². The lowest BCUT2D eigenvalue weighted by Crippen LogP contribution is -2.37. The highest BCUT2D eigenvalue weighted by molar-refractivity contribution is 5.77. The molecule has 0 spiro atoms. The Morgan fingerprint density at radius 2 is 2.00 bits per heavy atom. The van der Waals surface area contributed by atoms with E-state index < -0.39 is 0 Å². The van der Waals surface area contributed by atoms with Crippen LogP contribution in [-0.4, -0.2) is 63.8 Å². The topological polar surface area (TPSA) is 53.6 Å². The first kappa shape index (κ1) is 15.4. The molecule has 0 bridgehead atoms. The van der Waals surface area contributed by atoms with E-state index >= 15 is 0 Å². The Hall–Kier alpha value is -0.650. The zero-order valence-corrected chi connectivity index (χ0v) is 11.5. The standard InChI is InChI=1S/C13H27N3O2/c1-18-11-7-14-12-13(17)15-6-5-10-16-8-3-2-4-9-16/h14H,2-12H2,1H3,(H,15,17). The number of hydrogen-bond donors (Lipinski definition) is 2. The van der Waals surface area contributed by atoms with Gasteiger partial charge in [0.25, 0.3) is 0 Å². The molecule has 1 amide bonds. The smallest absolute Gasteiger partial charge is 0.233 e. The maximum absolute atomic E-state index is 11.4. The highest BCUT2D eigenvalue weighted by Crippen LogP contribution is 2.08. The van der Waals surface area contributed by atoms with E-state index in [4.69, 9.17) is 4.74 Å². The van der Waals surface area contributed by atoms with Gasteiger partial charge < -0.3 is 20.3 Å².